The third kappa shape index (κ3) is 7.60. The Morgan fingerprint density at radius 1 is 0.625 bits per heavy atom. The summed E-state index contributed by atoms with van der Waals surface area (Å²) in [7, 11) is 1.25. The van der Waals surface area contributed by atoms with Crippen molar-refractivity contribution in [3.8, 4) is 34.1 Å². The van der Waals surface area contributed by atoms with E-state index in [0.29, 0.717) is 45.3 Å². The van der Waals surface area contributed by atoms with E-state index in [1.54, 1.807) is 47.1 Å². The maximum atomic E-state index is 12.7. The van der Waals surface area contributed by atoms with Crippen LogP contribution in [0, 0.1) is 0 Å². The van der Waals surface area contributed by atoms with E-state index in [4.69, 9.17) is 31.9 Å². The van der Waals surface area contributed by atoms with Crippen LogP contribution in [0.15, 0.2) is 81.2 Å². The molecule has 0 spiro atoms. The van der Waals surface area contributed by atoms with Gasteiger partial charge in [-0.15, -0.1) is 0 Å². The lowest BCUT2D eigenvalue weighted by atomic mass is 9.84. The lowest BCUT2D eigenvalue weighted by Gasteiger charge is -2.21. The molecule has 0 amide bonds. The van der Waals surface area contributed by atoms with Gasteiger partial charge in [-0.1, -0.05) is 77.9 Å². The Bertz CT molecular complexity index is 1920. The molecular weight excluding hydrogens is 627 g/mol. The van der Waals surface area contributed by atoms with Crippen molar-refractivity contribution in [2.45, 2.75) is 78.7 Å². The molecule has 254 valence electrons. The van der Waals surface area contributed by atoms with Crippen molar-refractivity contribution < 1.29 is 36.7 Å². The molecule has 0 radical (unpaired) electrons. The first kappa shape index (κ1) is 34.8. The lowest BCUT2D eigenvalue weighted by Crippen LogP contribution is -2.26. The van der Waals surface area contributed by atoms with Gasteiger partial charge in [-0.25, -0.2) is 4.79 Å². The molecule has 8 nitrogen and oxygen atoms in total. The number of hydrogen-bond donors (Lipinski definition) is 0. The third-order valence-corrected chi connectivity index (χ3v) is 8.66. The van der Waals surface area contributed by atoms with Crippen LogP contribution in [0.4, 0.5) is 4.79 Å². The molecule has 0 aliphatic heterocycles. The van der Waals surface area contributed by atoms with Gasteiger partial charge in [-0.05, 0) is 68.0 Å². The Kier molecular flexibility index (Phi) is 9.53. The van der Waals surface area contributed by atoms with Gasteiger partial charge in [0.05, 0.1) is 14.2 Å². The Morgan fingerprint density at radius 3 is 1.50 bits per heavy atom. The summed E-state index contributed by atoms with van der Waals surface area (Å²) in [6, 6.07) is 22.7. The smallest absolute Gasteiger partial charge is 0.497 e. The zero-order chi connectivity index (χ0) is 35.0. The van der Waals surface area contributed by atoms with Gasteiger partial charge in [0, 0.05) is 33.0 Å². The standard InChI is InChI=1S/C39H45O8P/c1-37(2,3)30-22-24(41-10)20-28-29-21-25(42-11)23-31(38(4,5)6)35(29)47-48(46-34(28)30)45-33-19-15-13-17-27(33)26-16-12-14-18-32(26)43-36(40)44-39(7,8)9/h12-23H,1-11H3. The molecule has 5 rings (SSSR count). The summed E-state index contributed by atoms with van der Waals surface area (Å²) in [5.41, 5.74) is 3.17. The monoisotopic (exact) mass is 672 g/mol. The van der Waals surface area contributed by atoms with E-state index >= 15 is 0 Å². The van der Waals surface area contributed by atoms with Crippen molar-refractivity contribution in [1.82, 2.24) is 0 Å². The molecule has 1 aromatic heterocycles. The third-order valence-electron chi connectivity index (χ3n) is 7.65. The van der Waals surface area contributed by atoms with Gasteiger partial charge in [-0.3, -0.25) is 0 Å². The zero-order valence-corrected chi connectivity index (χ0v) is 30.5. The van der Waals surface area contributed by atoms with E-state index in [1.165, 1.54) is 0 Å². The number of ether oxygens (including phenoxy) is 4. The number of carbonyl (C=O) groups is 1. The molecule has 0 aliphatic carbocycles. The number of fused-ring (bicyclic) bond motifs is 3. The molecule has 0 bridgehead atoms. The highest BCUT2D eigenvalue weighted by Gasteiger charge is 2.27. The number of rotatable bonds is 6. The minimum atomic E-state index is -2.07. The number of methoxy groups -OCH3 is 2. The first-order valence-corrected chi connectivity index (χ1v) is 17.0. The van der Waals surface area contributed by atoms with E-state index in [0.717, 1.165) is 21.9 Å². The summed E-state index contributed by atoms with van der Waals surface area (Å²) in [5, 5.41) is 1.63. The molecular formula is C39H45O8P. The number of carbonyl (C=O) groups excluding carboxylic acids is 1. The fourth-order valence-electron chi connectivity index (χ4n) is 5.34. The van der Waals surface area contributed by atoms with Crippen molar-refractivity contribution in [3.63, 3.8) is 0 Å². The molecule has 5 aromatic rings. The summed E-state index contributed by atoms with van der Waals surface area (Å²) < 4.78 is 43.0. The fourth-order valence-corrected chi connectivity index (χ4v) is 6.47. The second-order valence-corrected chi connectivity index (χ2v) is 15.7. The van der Waals surface area contributed by atoms with Crippen LogP contribution in [-0.2, 0) is 15.6 Å². The normalized spacial score (nSPS) is 12.1. The molecule has 9 heteroatoms. The minimum Gasteiger partial charge on any atom is -0.497 e. The van der Waals surface area contributed by atoms with Crippen LogP contribution in [0.2, 0.25) is 0 Å². The van der Waals surface area contributed by atoms with Crippen LogP contribution in [-0.4, -0.2) is 26.0 Å². The maximum absolute atomic E-state index is 12.7. The van der Waals surface area contributed by atoms with E-state index in [2.05, 4.69) is 41.5 Å². The van der Waals surface area contributed by atoms with E-state index in [-0.39, 0.29) is 10.8 Å². The van der Waals surface area contributed by atoms with Crippen molar-refractivity contribution in [2.24, 2.45) is 0 Å². The topological polar surface area (TPSA) is 89.5 Å². The van der Waals surface area contributed by atoms with Gasteiger partial charge in [0.1, 0.15) is 39.8 Å². The molecule has 0 unspecified atom stereocenters. The average molecular weight is 673 g/mol. The Balaban J connectivity index is 1.79. The largest absolute Gasteiger partial charge is 0.514 e. The molecule has 4 aromatic carbocycles. The fraction of sp³-hybridized carbons (Fsp3) is 0.359. The van der Waals surface area contributed by atoms with Crippen molar-refractivity contribution >= 4 is 36.3 Å². The molecule has 0 saturated heterocycles. The molecule has 0 fully saturated rings. The number of benzene rings is 4. The van der Waals surface area contributed by atoms with Gasteiger partial charge in [0.2, 0.25) is 0 Å². The quantitative estimate of drug-likeness (QED) is 0.130. The predicted molar refractivity (Wildman–Crippen MR) is 192 cm³/mol. The van der Waals surface area contributed by atoms with Gasteiger partial charge in [0.25, 0.3) is 0 Å². The van der Waals surface area contributed by atoms with Crippen LogP contribution in [0.5, 0.6) is 23.0 Å². The molecule has 0 atom stereocenters. The highest BCUT2D eigenvalue weighted by atomic mass is 31.1. The zero-order valence-electron chi connectivity index (χ0n) is 29.6. The molecule has 1 heterocycles. The molecule has 48 heavy (non-hydrogen) atoms. The Morgan fingerprint density at radius 2 is 1.06 bits per heavy atom. The second-order valence-electron chi connectivity index (χ2n) is 14.7. The SMILES string of the molecule is COc1cc(C(C)(C)C)c2op(Oc3ccccc3-c3ccccc3OC(=O)OC(C)(C)C)oc3c(C(C)(C)C)cc(OC)cc3c2c1. The highest BCUT2D eigenvalue weighted by molar-refractivity contribution is 7.32. The summed E-state index contributed by atoms with van der Waals surface area (Å²) in [4.78, 5) is 12.7. The molecule has 0 aliphatic rings. The van der Waals surface area contributed by atoms with Gasteiger partial charge < -0.3 is 31.9 Å². The van der Waals surface area contributed by atoms with Crippen LogP contribution in [0.3, 0.4) is 0 Å². The van der Waals surface area contributed by atoms with Crippen molar-refractivity contribution in [1.29, 1.82) is 0 Å². The van der Waals surface area contributed by atoms with Crippen LogP contribution >= 0.6 is 8.24 Å². The molecule has 0 N–H and O–H groups in total. The summed E-state index contributed by atoms with van der Waals surface area (Å²) in [5.74, 6) is 2.23. The van der Waals surface area contributed by atoms with E-state index < -0.39 is 20.0 Å². The Hall–Kier alpha value is -4.55. The maximum Gasteiger partial charge on any atom is 0.514 e. The van der Waals surface area contributed by atoms with Crippen LogP contribution in [0.25, 0.3) is 33.1 Å². The number of hydrogen-bond acceptors (Lipinski definition) is 8. The van der Waals surface area contributed by atoms with Crippen LogP contribution in [0.1, 0.15) is 73.4 Å². The highest BCUT2D eigenvalue weighted by Crippen LogP contribution is 2.47. The van der Waals surface area contributed by atoms with Crippen molar-refractivity contribution in [3.05, 3.63) is 83.9 Å². The minimum absolute atomic E-state index is 0.314. The lowest BCUT2D eigenvalue weighted by molar-refractivity contribution is 0.0207. The average Bonchev–Trinajstić information content (AvgIpc) is 3.14. The molecule has 0 saturated carbocycles. The predicted octanol–water partition coefficient (Wildman–Crippen LogP) is 11.7. The van der Waals surface area contributed by atoms with E-state index in [1.807, 2.05) is 60.7 Å². The summed E-state index contributed by atoms with van der Waals surface area (Å²) >= 11 is 0. The Labute approximate surface area is 283 Å². The summed E-state index contributed by atoms with van der Waals surface area (Å²) in [6.45, 7) is 18.1. The first-order valence-electron chi connectivity index (χ1n) is 15.9. The van der Waals surface area contributed by atoms with Crippen molar-refractivity contribution in [2.75, 3.05) is 14.2 Å². The first-order chi connectivity index (χ1) is 22.5. The summed E-state index contributed by atoms with van der Waals surface area (Å²) in [6.07, 6.45) is -0.795. The van der Waals surface area contributed by atoms with Crippen LogP contribution < -0.4 is 18.7 Å². The van der Waals surface area contributed by atoms with Gasteiger partial charge in [0.15, 0.2) is 0 Å². The number of para-hydroxylation sites is 2. The van der Waals surface area contributed by atoms with Gasteiger partial charge >= 0.3 is 14.4 Å². The van der Waals surface area contributed by atoms with Gasteiger partial charge in [-0.2, -0.15) is 0 Å². The second kappa shape index (κ2) is 13.2. The van der Waals surface area contributed by atoms with E-state index in [9.17, 15) is 4.79 Å².